The van der Waals surface area contributed by atoms with E-state index in [-0.39, 0.29) is 6.03 Å². The van der Waals surface area contributed by atoms with Gasteiger partial charge in [0, 0.05) is 36.3 Å². The Morgan fingerprint density at radius 1 is 1.31 bits per heavy atom. The SMILES string of the molecule is Cc1ccc(NC(=O)Nc2ncc(CSc3nccn3C)s2)c(OCC(C)C)c1. The van der Waals surface area contributed by atoms with Crippen LogP contribution in [0.15, 0.2) is 41.9 Å². The summed E-state index contributed by atoms with van der Waals surface area (Å²) in [6, 6.07) is 5.37. The maximum atomic E-state index is 12.4. The van der Waals surface area contributed by atoms with Gasteiger partial charge in [-0.3, -0.25) is 5.32 Å². The van der Waals surface area contributed by atoms with Crippen molar-refractivity contribution >= 4 is 39.9 Å². The predicted molar refractivity (Wildman–Crippen MR) is 119 cm³/mol. The molecule has 0 aliphatic heterocycles. The first-order valence-corrected chi connectivity index (χ1v) is 11.1. The van der Waals surface area contributed by atoms with Crippen molar-refractivity contribution in [1.29, 1.82) is 0 Å². The predicted octanol–water partition coefficient (Wildman–Crippen LogP) is 5.16. The topological polar surface area (TPSA) is 81.1 Å². The van der Waals surface area contributed by atoms with Crippen LogP contribution in [-0.4, -0.2) is 27.2 Å². The van der Waals surface area contributed by atoms with Gasteiger partial charge < -0.3 is 14.6 Å². The Balaban J connectivity index is 1.57. The number of ether oxygens (including phenoxy) is 1. The summed E-state index contributed by atoms with van der Waals surface area (Å²) < 4.78 is 7.82. The lowest BCUT2D eigenvalue weighted by molar-refractivity contribution is 0.260. The lowest BCUT2D eigenvalue weighted by Gasteiger charge is -2.14. The number of thiazole rings is 1. The van der Waals surface area contributed by atoms with Crippen LogP contribution in [0.3, 0.4) is 0 Å². The molecule has 0 bridgehead atoms. The highest BCUT2D eigenvalue weighted by Crippen LogP contribution is 2.28. The number of urea groups is 1. The molecule has 2 heterocycles. The first kappa shape index (κ1) is 21.2. The van der Waals surface area contributed by atoms with Crippen molar-refractivity contribution in [3.63, 3.8) is 0 Å². The number of benzene rings is 1. The lowest BCUT2D eigenvalue weighted by Crippen LogP contribution is -2.20. The van der Waals surface area contributed by atoms with E-state index in [1.54, 1.807) is 24.2 Å². The molecular weight excluding hydrogens is 406 g/mol. The zero-order valence-corrected chi connectivity index (χ0v) is 18.6. The number of carbonyl (C=O) groups excluding carboxylic acids is 1. The number of hydrogen-bond acceptors (Lipinski definition) is 6. The summed E-state index contributed by atoms with van der Waals surface area (Å²) in [7, 11) is 1.96. The minimum Gasteiger partial charge on any atom is -0.491 e. The van der Waals surface area contributed by atoms with Gasteiger partial charge in [0.15, 0.2) is 10.3 Å². The molecule has 1 aromatic carbocycles. The number of aryl methyl sites for hydroxylation is 2. The van der Waals surface area contributed by atoms with Crippen LogP contribution in [0.5, 0.6) is 5.75 Å². The fourth-order valence-corrected chi connectivity index (χ4v) is 4.18. The number of rotatable bonds is 8. The van der Waals surface area contributed by atoms with Crippen molar-refractivity contribution in [2.45, 2.75) is 31.7 Å². The van der Waals surface area contributed by atoms with Gasteiger partial charge in [-0.2, -0.15) is 0 Å². The molecule has 154 valence electrons. The van der Waals surface area contributed by atoms with E-state index < -0.39 is 0 Å². The zero-order chi connectivity index (χ0) is 20.8. The first-order valence-electron chi connectivity index (χ1n) is 9.27. The van der Waals surface area contributed by atoms with Gasteiger partial charge in [-0.1, -0.05) is 31.7 Å². The smallest absolute Gasteiger partial charge is 0.325 e. The van der Waals surface area contributed by atoms with Crippen LogP contribution in [0.4, 0.5) is 15.6 Å². The summed E-state index contributed by atoms with van der Waals surface area (Å²) in [5.74, 6) is 1.81. The Morgan fingerprint density at radius 2 is 2.14 bits per heavy atom. The van der Waals surface area contributed by atoms with E-state index in [0.29, 0.717) is 29.1 Å². The largest absolute Gasteiger partial charge is 0.491 e. The van der Waals surface area contributed by atoms with Crippen molar-refractivity contribution in [2.75, 3.05) is 17.2 Å². The molecule has 0 unspecified atom stereocenters. The first-order chi connectivity index (χ1) is 13.9. The standard InChI is InChI=1S/C20H25N5O2S2/c1-13(2)11-27-17-9-14(3)5-6-16(17)23-18(26)24-19-22-10-15(29-19)12-28-20-21-7-8-25(20)4/h5-10,13H,11-12H2,1-4H3,(H2,22,23,24,26). The van der Waals surface area contributed by atoms with Gasteiger partial charge in [-0.05, 0) is 30.5 Å². The second-order valence-electron chi connectivity index (χ2n) is 7.02. The molecule has 29 heavy (non-hydrogen) atoms. The molecule has 0 saturated carbocycles. The van der Waals surface area contributed by atoms with Crippen molar-refractivity contribution in [2.24, 2.45) is 13.0 Å². The Morgan fingerprint density at radius 3 is 2.86 bits per heavy atom. The molecule has 2 aromatic heterocycles. The third-order valence-corrected chi connectivity index (χ3v) is 6.05. The number of anilines is 2. The molecule has 0 spiro atoms. The van der Waals surface area contributed by atoms with Crippen LogP contribution in [0.25, 0.3) is 0 Å². The van der Waals surface area contributed by atoms with Crippen molar-refractivity contribution in [3.8, 4) is 5.75 Å². The third-order valence-electron chi connectivity index (χ3n) is 3.85. The van der Waals surface area contributed by atoms with Crippen LogP contribution in [-0.2, 0) is 12.8 Å². The van der Waals surface area contributed by atoms with E-state index >= 15 is 0 Å². The molecular formula is C20H25N5O2S2. The van der Waals surface area contributed by atoms with Crippen molar-refractivity contribution < 1.29 is 9.53 Å². The Bertz CT molecular complexity index is 967. The van der Waals surface area contributed by atoms with Gasteiger partial charge in [0.2, 0.25) is 0 Å². The van der Waals surface area contributed by atoms with Crippen LogP contribution in [0.1, 0.15) is 24.3 Å². The molecule has 7 nitrogen and oxygen atoms in total. The average Bonchev–Trinajstić information content (AvgIpc) is 3.28. The minimum atomic E-state index is -0.346. The summed E-state index contributed by atoms with van der Waals surface area (Å²) in [6.45, 7) is 6.75. The quantitative estimate of drug-likeness (QED) is 0.482. The van der Waals surface area contributed by atoms with E-state index in [1.807, 2.05) is 42.9 Å². The Labute approximate surface area is 178 Å². The number of amides is 2. The van der Waals surface area contributed by atoms with Gasteiger partial charge in [0.1, 0.15) is 5.75 Å². The average molecular weight is 432 g/mol. The van der Waals surface area contributed by atoms with Gasteiger partial charge >= 0.3 is 6.03 Å². The molecule has 0 aliphatic carbocycles. The van der Waals surface area contributed by atoms with Crippen LogP contribution < -0.4 is 15.4 Å². The maximum Gasteiger partial charge on any atom is 0.325 e. The third kappa shape index (κ3) is 6.23. The summed E-state index contributed by atoms with van der Waals surface area (Å²) in [6.07, 6.45) is 5.46. The molecule has 0 radical (unpaired) electrons. The number of hydrogen-bond donors (Lipinski definition) is 2. The zero-order valence-electron chi connectivity index (χ0n) is 16.9. The van der Waals surface area contributed by atoms with Gasteiger partial charge in [-0.15, -0.1) is 11.3 Å². The van der Waals surface area contributed by atoms with Gasteiger partial charge in [0.05, 0.1) is 12.3 Å². The number of thioether (sulfide) groups is 1. The maximum absolute atomic E-state index is 12.4. The van der Waals surface area contributed by atoms with Crippen LogP contribution in [0.2, 0.25) is 0 Å². The molecule has 3 aromatic rings. The second kappa shape index (κ2) is 9.80. The highest BCUT2D eigenvalue weighted by molar-refractivity contribution is 7.98. The molecule has 0 fully saturated rings. The normalized spacial score (nSPS) is 10.9. The van der Waals surface area contributed by atoms with E-state index in [9.17, 15) is 4.79 Å². The van der Waals surface area contributed by atoms with E-state index in [2.05, 4.69) is 34.4 Å². The van der Waals surface area contributed by atoms with Crippen molar-refractivity contribution in [3.05, 3.63) is 47.2 Å². The fourth-order valence-electron chi connectivity index (χ4n) is 2.42. The van der Waals surface area contributed by atoms with Crippen molar-refractivity contribution in [1.82, 2.24) is 14.5 Å². The summed E-state index contributed by atoms with van der Waals surface area (Å²) in [5, 5.41) is 7.14. The highest BCUT2D eigenvalue weighted by Gasteiger charge is 2.12. The number of nitrogens with zero attached hydrogens (tertiary/aromatic N) is 3. The molecule has 2 N–H and O–H groups in total. The molecule has 0 aliphatic rings. The Hall–Kier alpha value is -2.52. The molecule has 3 rings (SSSR count). The Kier molecular flexibility index (Phi) is 7.16. The minimum absolute atomic E-state index is 0.346. The second-order valence-corrected chi connectivity index (χ2v) is 9.08. The number of imidazole rings is 1. The lowest BCUT2D eigenvalue weighted by atomic mass is 10.2. The number of aromatic nitrogens is 3. The molecule has 0 atom stereocenters. The fraction of sp³-hybridized carbons (Fsp3) is 0.350. The highest BCUT2D eigenvalue weighted by atomic mass is 32.2. The molecule has 2 amide bonds. The molecule has 9 heteroatoms. The van der Waals surface area contributed by atoms with E-state index in [4.69, 9.17) is 4.74 Å². The van der Waals surface area contributed by atoms with Crippen LogP contribution >= 0.6 is 23.1 Å². The summed E-state index contributed by atoms with van der Waals surface area (Å²) >= 11 is 3.08. The van der Waals surface area contributed by atoms with E-state index in [0.717, 1.165) is 21.3 Å². The number of nitrogens with one attached hydrogen (secondary N) is 2. The summed E-state index contributed by atoms with van der Waals surface area (Å²) in [5.41, 5.74) is 1.71. The van der Waals surface area contributed by atoms with Gasteiger partial charge in [-0.25, -0.2) is 14.8 Å². The monoisotopic (exact) mass is 431 g/mol. The van der Waals surface area contributed by atoms with E-state index in [1.165, 1.54) is 11.3 Å². The van der Waals surface area contributed by atoms with Gasteiger partial charge in [0.25, 0.3) is 0 Å². The summed E-state index contributed by atoms with van der Waals surface area (Å²) in [4.78, 5) is 22.1. The number of carbonyl (C=O) groups is 1. The molecule has 0 saturated heterocycles. The van der Waals surface area contributed by atoms with Crippen LogP contribution in [0, 0.1) is 12.8 Å².